The van der Waals surface area contributed by atoms with Crippen molar-refractivity contribution in [3.8, 4) is 0 Å². The zero-order valence-electron chi connectivity index (χ0n) is 15.9. The smallest absolute Gasteiger partial charge is 0.270 e. The van der Waals surface area contributed by atoms with Gasteiger partial charge in [-0.2, -0.15) is 0 Å². The van der Waals surface area contributed by atoms with Gasteiger partial charge in [-0.15, -0.1) is 0 Å². The second-order valence-electron chi connectivity index (χ2n) is 7.32. The van der Waals surface area contributed by atoms with Crippen LogP contribution in [0.4, 0.5) is 11.6 Å². The minimum Gasteiger partial charge on any atom is -0.348 e. The topological polar surface area (TPSA) is 66.9 Å². The monoisotopic (exact) mass is 352 g/mol. The molecule has 1 aromatic carbocycles. The second kappa shape index (κ2) is 8.30. The van der Waals surface area contributed by atoms with Crippen molar-refractivity contribution in [2.24, 2.45) is 0 Å². The number of amides is 1. The van der Waals surface area contributed by atoms with E-state index in [1.165, 1.54) is 31.2 Å². The SMILES string of the molecule is Cc1ccc(Nc2nc(C)cc(C(=O)NC3CCCCCC3)n2)c(C)c1. The van der Waals surface area contributed by atoms with Crippen molar-refractivity contribution >= 4 is 17.5 Å². The van der Waals surface area contributed by atoms with Gasteiger partial charge in [-0.05, 0) is 51.3 Å². The van der Waals surface area contributed by atoms with E-state index in [0.29, 0.717) is 11.6 Å². The predicted molar refractivity (Wildman–Crippen MR) is 105 cm³/mol. The van der Waals surface area contributed by atoms with Crippen molar-refractivity contribution in [1.29, 1.82) is 0 Å². The molecule has 0 spiro atoms. The number of aromatic nitrogens is 2. The number of nitrogens with zero attached hydrogens (tertiary/aromatic N) is 2. The van der Waals surface area contributed by atoms with Crippen LogP contribution in [0.25, 0.3) is 0 Å². The van der Waals surface area contributed by atoms with Crippen LogP contribution in [-0.4, -0.2) is 21.9 Å². The van der Waals surface area contributed by atoms with E-state index in [1.54, 1.807) is 6.07 Å². The maximum atomic E-state index is 12.7. The molecule has 0 radical (unpaired) electrons. The largest absolute Gasteiger partial charge is 0.348 e. The molecule has 5 nitrogen and oxygen atoms in total. The van der Waals surface area contributed by atoms with Crippen LogP contribution in [0.15, 0.2) is 24.3 Å². The van der Waals surface area contributed by atoms with Gasteiger partial charge >= 0.3 is 0 Å². The number of anilines is 2. The van der Waals surface area contributed by atoms with E-state index in [4.69, 9.17) is 0 Å². The van der Waals surface area contributed by atoms with Gasteiger partial charge in [-0.1, -0.05) is 43.4 Å². The molecule has 2 N–H and O–H groups in total. The van der Waals surface area contributed by atoms with Gasteiger partial charge in [0.15, 0.2) is 0 Å². The Kier molecular flexibility index (Phi) is 5.86. The first-order chi connectivity index (χ1) is 12.5. The molecular weight excluding hydrogens is 324 g/mol. The summed E-state index contributed by atoms with van der Waals surface area (Å²) in [6, 6.07) is 8.18. The summed E-state index contributed by atoms with van der Waals surface area (Å²) in [5.74, 6) is 0.356. The van der Waals surface area contributed by atoms with Crippen molar-refractivity contribution in [3.63, 3.8) is 0 Å². The fourth-order valence-electron chi connectivity index (χ4n) is 3.50. The number of aryl methyl sites for hydroxylation is 3. The average Bonchev–Trinajstić information content (AvgIpc) is 2.85. The molecular formula is C21H28N4O. The summed E-state index contributed by atoms with van der Waals surface area (Å²) in [5, 5.41) is 6.40. The first-order valence-electron chi connectivity index (χ1n) is 9.52. The molecule has 1 fully saturated rings. The molecule has 1 aliphatic carbocycles. The van der Waals surface area contributed by atoms with Crippen LogP contribution in [-0.2, 0) is 0 Å². The van der Waals surface area contributed by atoms with E-state index in [-0.39, 0.29) is 11.9 Å². The number of hydrogen-bond donors (Lipinski definition) is 2. The Morgan fingerprint density at radius 1 is 1.00 bits per heavy atom. The summed E-state index contributed by atoms with van der Waals surface area (Å²) in [6.07, 6.45) is 7.03. The van der Waals surface area contributed by atoms with Crippen LogP contribution >= 0.6 is 0 Å². The summed E-state index contributed by atoms with van der Waals surface area (Å²) in [5.41, 5.74) is 4.49. The van der Waals surface area contributed by atoms with Gasteiger partial charge in [0.1, 0.15) is 5.69 Å². The molecule has 0 unspecified atom stereocenters. The van der Waals surface area contributed by atoms with Gasteiger partial charge in [0.2, 0.25) is 5.95 Å². The van der Waals surface area contributed by atoms with Gasteiger partial charge in [0.05, 0.1) is 0 Å². The highest BCUT2D eigenvalue weighted by Crippen LogP contribution is 2.20. The highest BCUT2D eigenvalue weighted by atomic mass is 16.1. The standard InChI is InChI=1S/C21H28N4O/c1-14-10-11-18(15(2)12-14)24-21-22-16(3)13-19(25-21)20(26)23-17-8-6-4-5-7-9-17/h10-13,17H,4-9H2,1-3H3,(H,23,26)(H,22,24,25). The maximum Gasteiger partial charge on any atom is 0.270 e. The van der Waals surface area contributed by atoms with E-state index in [9.17, 15) is 4.79 Å². The van der Waals surface area contributed by atoms with Crippen molar-refractivity contribution in [2.45, 2.75) is 65.3 Å². The molecule has 138 valence electrons. The number of benzene rings is 1. The number of carbonyl (C=O) groups excluding carboxylic acids is 1. The van der Waals surface area contributed by atoms with Gasteiger partial charge < -0.3 is 10.6 Å². The third-order valence-electron chi connectivity index (χ3n) is 4.91. The lowest BCUT2D eigenvalue weighted by Crippen LogP contribution is -2.35. The fraction of sp³-hybridized carbons (Fsp3) is 0.476. The van der Waals surface area contributed by atoms with Crippen LogP contribution in [0.3, 0.4) is 0 Å². The Balaban J connectivity index is 1.75. The van der Waals surface area contributed by atoms with Gasteiger partial charge in [0, 0.05) is 17.4 Å². The molecule has 1 aromatic heterocycles. The second-order valence-corrected chi connectivity index (χ2v) is 7.32. The van der Waals surface area contributed by atoms with E-state index < -0.39 is 0 Å². The van der Waals surface area contributed by atoms with E-state index in [2.05, 4.69) is 33.6 Å². The molecule has 26 heavy (non-hydrogen) atoms. The number of carbonyl (C=O) groups is 1. The molecule has 0 atom stereocenters. The number of rotatable bonds is 4. The zero-order valence-corrected chi connectivity index (χ0v) is 15.9. The summed E-state index contributed by atoms with van der Waals surface area (Å²) in [7, 11) is 0. The molecule has 1 heterocycles. The summed E-state index contributed by atoms with van der Waals surface area (Å²) in [6.45, 7) is 6.00. The van der Waals surface area contributed by atoms with Gasteiger partial charge in [-0.25, -0.2) is 9.97 Å². The first-order valence-corrected chi connectivity index (χ1v) is 9.52. The highest BCUT2D eigenvalue weighted by Gasteiger charge is 2.17. The van der Waals surface area contributed by atoms with Gasteiger partial charge in [-0.3, -0.25) is 4.79 Å². The predicted octanol–water partition coefficient (Wildman–Crippen LogP) is 4.60. The molecule has 0 bridgehead atoms. The minimum atomic E-state index is -0.105. The Hall–Kier alpha value is -2.43. The van der Waals surface area contributed by atoms with Crippen molar-refractivity contribution in [2.75, 3.05) is 5.32 Å². The van der Waals surface area contributed by atoms with Crippen LogP contribution in [0.1, 0.15) is 65.8 Å². The third-order valence-corrected chi connectivity index (χ3v) is 4.91. The first kappa shape index (κ1) is 18.4. The lowest BCUT2D eigenvalue weighted by molar-refractivity contribution is 0.0928. The van der Waals surface area contributed by atoms with Crippen molar-refractivity contribution < 1.29 is 4.79 Å². The van der Waals surface area contributed by atoms with Crippen molar-refractivity contribution in [3.05, 3.63) is 46.8 Å². The lowest BCUT2D eigenvalue weighted by Gasteiger charge is -2.16. The molecule has 2 aromatic rings. The zero-order chi connectivity index (χ0) is 18.5. The Morgan fingerprint density at radius 2 is 1.73 bits per heavy atom. The van der Waals surface area contributed by atoms with E-state index in [0.717, 1.165) is 29.8 Å². The molecule has 3 rings (SSSR count). The molecule has 0 aliphatic heterocycles. The molecule has 1 saturated carbocycles. The maximum absolute atomic E-state index is 12.7. The summed E-state index contributed by atoms with van der Waals surface area (Å²) >= 11 is 0. The van der Waals surface area contributed by atoms with Crippen molar-refractivity contribution in [1.82, 2.24) is 15.3 Å². The minimum absolute atomic E-state index is 0.105. The Labute approximate surface area is 155 Å². The van der Waals surface area contributed by atoms with E-state index in [1.807, 2.05) is 26.0 Å². The third kappa shape index (κ3) is 4.81. The number of hydrogen-bond acceptors (Lipinski definition) is 4. The fourth-order valence-corrected chi connectivity index (χ4v) is 3.50. The summed E-state index contributed by atoms with van der Waals surface area (Å²) < 4.78 is 0. The summed E-state index contributed by atoms with van der Waals surface area (Å²) in [4.78, 5) is 21.5. The Bertz CT molecular complexity index is 780. The Morgan fingerprint density at radius 3 is 2.42 bits per heavy atom. The average molecular weight is 352 g/mol. The van der Waals surface area contributed by atoms with Crippen LogP contribution in [0.5, 0.6) is 0 Å². The quantitative estimate of drug-likeness (QED) is 0.789. The van der Waals surface area contributed by atoms with Crippen LogP contribution in [0.2, 0.25) is 0 Å². The molecule has 5 heteroatoms. The molecule has 1 aliphatic rings. The van der Waals surface area contributed by atoms with Crippen LogP contribution < -0.4 is 10.6 Å². The highest BCUT2D eigenvalue weighted by molar-refractivity contribution is 5.92. The van der Waals surface area contributed by atoms with Gasteiger partial charge in [0.25, 0.3) is 5.91 Å². The molecule has 0 saturated heterocycles. The molecule has 1 amide bonds. The van der Waals surface area contributed by atoms with E-state index >= 15 is 0 Å². The number of nitrogens with one attached hydrogen (secondary N) is 2. The lowest BCUT2D eigenvalue weighted by atomic mass is 10.1. The van der Waals surface area contributed by atoms with Crippen LogP contribution in [0, 0.1) is 20.8 Å². The normalized spacial score (nSPS) is 15.3.